The minimum absolute atomic E-state index is 0.172. The van der Waals surface area contributed by atoms with Crippen molar-refractivity contribution in [3.63, 3.8) is 0 Å². The second kappa shape index (κ2) is 7.70. The van der Waals surface area contributed by atoms with E-state index >= 15 is 0 Å². The van der Waals surface area contributed by atoms with Crippen molar-refractivity contribution in [3.8, 4) is 0 Å². The minimum atomic E-state index is -0.996. The molecule has 130 valence electrons. The smallest absolute Gasteiger partial charge is 0.326 e. The van der Waals surface area contributed by atoms with Crippen LogP contribution in [0.25, 0.3) is 0 Å². The fourth-order valence-corrected chi connectivity index (χ4v) is 3.84. The number of carboxylic acid groups (broad SMARTS) is 1. The van der Waals surface area contributed by atoms with Crippen LogP contribution in [-0.2, 0) is 22.6 Å². The van der Waals surface area contributed by atoms with E-state index in [2.05, 4.69) is 0 Å². The van der Waals surface area contributed by atoms with Crippen LogP contribution < -0.4 is 0 Å². The van der Waals surface area contributed by atoms with Crippen molar-refractivity contribution in [1.29, 1.82) is 0 Å². The van der Waals surface area contributed by atoms with Gasteiger partial charge in [0.2, 0.25) is 5.91 Å². The molecular formula is C19H18FNO3S. The SMILES string of the molecule is O=C(O)C1Cc2ccccc2CN1C(=O)CCSc1ccccc1F. The molecule has 6 heteroatoms. The maximum absolute atomic E-state index is 13.6. The lowest BCUT2D eigenvalue weighted by atomic mass is 9.94. The zero-order valence-electron chi connectivity index (χ0n) is 13.5. The molecule has 1 aliphatic heterocycles. The summed E-state index contributed by atoms with van der Waals surface area (Å²) in [6.07, 6.45) is 0.489. The van der Waals surface area contributed by atoms with Crippen LogP contribution in [0.2, 0.25) is 0 Å². The second-order valence-electron chi connectivity index (χ2n) is 5.88. The number of amides is 1. The summed E-state index contributed by atoms with van der Waals surface area (Å²) in [6, 6.07) is 13.1. The van der Waals surface area contributed by atoms with E-state index in [0.717, 1.165) is 11.1 Å². The summed E-state index contributed by atoms with van der Waals surface area (Å²) in [6.45, 7) is 0.302. The molecule has 2 aromatic rings. The van der Waals surface area contributed by atoms with Crippen molar-refractivity contribution in [1.82, 2.24) is 4.90 Å². The first-order chi connectivity index (χ1) is 12.1. The Morgan fingerprint density at radius 1 is 1.12 bits per heavy atom. The topological polar surface area (TPSA) is 57.6 Å². The Bertz CT molecular complexity index is 796. The predicted molar refractivity (Wildman–Crippen MR) is 93.9 cm³/mol. The fraction of sp³-hybridized carbons (Fsp3) is 0.263. The molecule has 4 nitrogen and oxygen atoms in total. The highest BCUT2D eigenvalue weighted by Gasteiger charge is 2.34. The van der Waals surface area contributed by atoms with Crippen molar-refractivity contribution in [2.24, 2.45) is 0 Å². The van der Waals surface area contributed by atoms with E-state index in [-0.39, 0.29) is 18.1 Å². The first-order valence-corrected chi connectivity index (χ1v) is 9.01. The van der Waals surface area contributed by atoms with E-state index in [1.54, 1.807) is 18.2 Å². The molecule has 0 saturated carbocycles. The van der Waals surface area contributed by atoms with E-state index < -0.39 is 12.0 Å². The van der Waals surface area contributed by atoms with E-state index in [1.807, 2.05) is 24.3 Å². The summed E-state index contributed by atoms with van der Waals surface area (Å²) >= 11 is 1.26. The Hall–Kier alpha value is -2.34. The van der Waals surface area contributed by atoms with Gasteiger partial charge in [-0.05, 0) is 23.3 Å². The molecule has 0 bridgehead atoms. The molecule has 1 atom stereocenters. The molecule has 0 aromatic heterocycles. The lowest BCUT2D eigenvalue weighted by molar-refractivity contribution is -0.151. The number of nitrogens with zero attached hydrogens (tertiary/aromatic N) is 1. The van der Waals surface area contributed by atoms with Gasteiger partial charge < -0.3 is 10.0 Å². The Kier molecular flexibility index (Phi) is 5.38. The van der Waals surface area contributed by atoms with E-state index in [4.69, 9.17) is 0 Å². The van der Waals surface area contributed by atoms with Gasteiger partial charge in [0.1, 0.15) is 11.9 Å². The number of hydrogen-bond donors (Lipinski definition) is 1. The first kappa shape index (κ1) is 17.5. The lowest BCUT2D eigenvalue weighted by Crippen LogP contribution is -2.48. The zero-order valence-corrected chi connectivity index (χ0v) is 14.3. The van der Waals surface area contributed by atoms with Crippen LogP contribution in [-0.4, -0.2) is 33.7 Å². The third-order valence-corrected chi connectivity index (χ3v) is 5.31. The minimum Gasteiger partial charge on any atom is -0.480 e. The van der Waals surface area contributed by atoms with Crippen LogP contribution in [0, 0.1) is 5.82 Å². The van der Waals surface area contributed by atoms with Crippen LogP contribution in [0.3, 0.4) is 0 Å². The summed E-state index contributed by atoms with van der Waals surface area (Å²) in [5, 5.41) is 9.47. The molecule has 25 heavy (non-hydrogen) atoms. The Labute approximate surface area is 149 Å². The Morgan fingerprint density at radius 3 is 2.52 bits per heavy atom. The number of fused-ring (bicyclic) bond motifs is 1. The largest absolute Gasteiger partial charge is 0.480 e. The highest BCUT2D eigenvalue weighted by atomic mass is 32.2. The maximum atomic E-state index is 13.6. The van der Waals surface area contributed by atoms with Gasteiger partial charge in [-0.3, -0.25) is 4.79 Å². The molecule has 0 saturated heterocycles. The summed E-state index contributed by atoms with van der Waals surface area (Å²) in [5.41, 5.74) is 1.95. The van der Waals surface area contributed by atoms with Crippen LogP contribution in [0.15, 0.2) is 53.4 Å². The highest BCUT2D eigenvalue weighted by molar-refractivity contribution is 7.99. The normalized spacial score (nSPS) is 16.4. The molecule has 1 amide bonds. The predicted octanol–water partition coefficient (Wildman–Crippen LogP) is 3.35. The van der Waals surface area contributed by atoms with Crippen molar-refractivity contribution in [2.45, 2.75) is 30.3 Å². The molecule has 0 aliphatic carbocycles. The number of hydrogen-bond acceptors (Lipinski definition) is 3. The van der Waals surface area contributed by atoms with Gasteiger partial charge in [0, 0.05) is 30.0 Å². The summed E-state index contributed by atoms with van der Waals surface area (Å²) in [5.74, 6) is -1.12. The lowest BCUT2D eigenvalue weighted by Gasteiger charge is -2.34. The molecule has 2 aromatic carbocycles. The van der Waals surface area contributed by atoms with E-state index in [1.165, 1.54) is 22.7 Å². The van der Waals surface area contributed by atoms with Crippen molar-refractivity contribution in [2.75, 3.05) is 5.75 Å². The average molecular weight is 359 g/mol. The Morgan fingerprint density at radius 2 is 1.80 bits per heavy atom. The zero-order chi connectivity index (χ0) is 17.8. The summed E-state index contributed by atoms with van der Waals surface area (Å²) in [4.78, 5) is 26.0. The standard InChI is InChI=1S/C19H18FNO3S/c20-15-7-3-4-8-17(15)25-10-9-18(22)21-12-14-6-2-1-5-13(14)11-16(21)19(23)24/h1-8,16H,9-12H2,(H,23,24). The maximum Gasteiger partial charge on any atom is 0.326 e. The van der Waals surface area contributed by atoms with Gasteiger partial charge in [-0.15, -0.1) is 11.8 Å². The van der Waals surface area contributed by atoms with Gasteiger partial charge >= 0.3 is 5.97 Å². The third-order valence-electron chi connectivity index (χ3n) is 4.26. The van der Waals surface area contributed by atoms with Gasteiger partial charge in [-0.2, -0.15) is 0 Å². The molecule has 0 spiro atoms. The number of halogens is 1. The van der Waals surface area contributed by atoms with Gasteiger partial charge in [0.25, 0.3) is 0 Å². The van der Waals surface area contributed by atoms with Crippen LogP contribution in [0.4, 0.5) is 4.39 Å². The molecule has 0 fully saturated rings. The molecule has 1 heterocycles. The second-order valence-corrected chi connectivity index (χ2v) is 7.01. The number of aliphatic carboxylic acids is 1. The number of carbonyl (C=O) groups is 2. The molecule has 0 radical (unpaired) electrons. The quantitative estimate of drug-likeness (QED) is 0.832. The highest BCUT2D eigenvalue weighted by Crippen LogP contribution is 2.26. The first-order valence-electron chi connectivity index (χ1n) is 8.02. The number of carbonyl (C=O) groups excluding carboxylic acids is 1. The number of rotatable bonds is 5. The third kappa shape index (κ3) is 4.02. The van der Waals surface area contributed by atoms with Gasteiger partial charge in [0.15, 0.2) is 0 Å². The van der Waals surface area contributed by atoms with Gasteiger partial charge in [-0.1, -0.05) is 36.4 Å². The van der Waals surface area contributed by atoms with E-state index in [0.29, 0.717) is 23.6 Å². The van der Waals surface area contributed by atoms with E-state index in [9.17, 15) is 19.1 Å². The number of thioether (sulfide) groups is 1. The molecule has 1 aliphatic rings. The molecule has 1 unspecified atom stereocenters. The molecule has 3 rings (SSSR count). The average Bonchev–Trinajstić information content (AvgIpc) is 2.62. The summed E-state index contributed by atoms with van der Waals surface area (Å²) < 4.78 is 13.6. The van der Waals surface area contributed by atoms with Crippen molar-refractivity contribution >= 4 is 23.6 Å². The monoisotopic (exact) mass is 359 g/mol. The fourth-order valence-electron chi connectivity index (χ4n) is 2.96. The summed E-state index contributed by atoms with van der Waals surface area (Å²) in [7, 11) is 0. The van der Waals surface area contributed by atoms with Gasteiger partial charge in [-0.25, -0.2) is 9.18 Å². The number of carboxylic acids is 1. The Balaban J connectivity index is 1.66. The van der Waals surface area contributed by atoms with Gasteiger partial charge in [0.05, 0.1) is 0 Å². The number of benzene rings is 2. The van der Waals surface area contributed by atoms with Crippen LogP contribution in [0.5, 0.6) is 0 Å². The molecule has 1 N–H and O–H groups in total. The van der Waals surface area contributed by atoms with Crippen molar-refractivity contribution < 1.29 is 19.1 Å². The molecular weight excluding hydrogens is 341 g/mol. The van der Waals surface area contributed by atoms with Crippen molar-refractivity contribution in [3.05, 3.63) is 65.5 Å². The van der Waals surface area contributed by atoms with Crippen LogP contribution in [0.1, 0.15) is 17.5 Å². The van der Waals surface area contributed by atoms with Crippen LogP contribution >= 0.6 is 11.8 Å².